The Kier molecular flexibility index (Phi) is 4.21. The maximum atomic E-state index is 12.8. The molecule has 0 N–H and O–H groups in total. The third kappa shape index (κ3) is 3.17. The van der Waals surface area contributed by atoms with E-state index in [-0.39, 0.29) is 5.75 Å². The van der Waals surface area contributed by atoms with E-state index in [1.807, 2.05) is 54.6 Å². The zero-order valence-corrected chi connectivity index (χ0v) is 13.6. The van der Waals surface area contributed by atoms with Gasteiger partial charge in [0.25, 0.3) is 0 Å². The number of rotatable bonds is 4. The SMILES string of the molecule is CC1Cc2ccccc2N(S(=O)(=O)CCc2ccccc2)C1. The maximum absolute atomic E-state index is 12.8. The Morgan fingerprint density at radius 2 is 1.73 bits per heavy atom. The van der Waals surface area contributed by atoms with Crippen LogP contribution in [0.15, 0.2) is 54.6 Å². The summed E-state index contributed by atoms with van der Waals surface area (Å²) in [7, 11) is -3.29. The van der Waals surface area contributed by atoms with E-state index >= 15 is 0 Å². The Balaban J connectivity index is 1.83. The molecule has 4 heteroatoms. The van der Waals surface area contributed by atoms with Crippen molar-refractivity contribution >= 4 is 15.7 Å². The molecule has 0 aliphatic carbocycles. The lowest BCUT2D eigenvalue weighted by Gasteiger charge is -2.34. The second-order valence-corrected chi connectivity index (χ2v) is 8.03. The van der Waals surface area contributed by atoms with Crippen LogP contribution in [0.5, 0.6) is 0 Å². The Labute approximate surface area is 132 Å². The van der Waals surface area contributed by atoms with E-state index in [9.17, 15) is 8.42 Å². The molecule has 3 rings (SSSR count). The number of hydrogen-bond donors (Lipinski definition) is 0. The number of para-hydroxylation sites is 1. The molecule has 116 valence electrons. The van der Waals surface area contributed by atoms with Gasteiger partial charge in [-0.05, 0) is 36.0 Å². The summed E-state index contributed by atoms with van der Waals surface area (Å²) in [6.07, 6.45) is 1.50. The van der Waals surface area contributed by atoms with E-state index in [0.717, 1.165) is 23.2 Å². The average Bonchev–Trinajstić information content (AvgIpc) is 2.53. The maximum Gasteiger partial charge on any atom is 0.235 e. The Hall–Kier alpha value is -1.81. The van der Waals surface area contributed by atoms with Gasteiger partial charge < -0.3 is 0 Å². The number of aryl methyl sites for hydroxylation is 1. The van der Waals surface area contributed by atoms with Crippen molar-refractivity contribution in [3.05, 3.63) is 65.7 Å². The van der Waals surface area contributed by atoms with Gasteiger partial charge in [0.05, 0.1) is 11.4 Å². The highest BCUT2D eigenvalue weighted by Crippen LogP contribution is 2.31. The number of fused-ring (bicyclic) bond motifs is 1. The molecule has 0 saturated carbocycles. The van der Waals surface area contributed by atoms with Crippen LogP contribution < -0.4 is 4.31 Å². The Morgan fingerprint density at radius 3 is 2.50 bits per heavy atom. The number of nitrogens with zero attached hydrogens (tertiary/aromatic N) is 1. The third-order valence-electron chi connectivity index (χ3n) is 4.13. The first kappa shape index (κ1) is 15.1. The van der Waals surface area contributed by atoms with Gasteiger partial charge in [-0.15, -0.1) is 0 Å². The van der Waals surface area contributed by atoms with Gasteiger partial charge in [-0.25, -0.2) is 8.42 Å². The molecule has 0 radical (unpaired) electrons. The summed E-state index contributed by atoms with van der Waals surface area (Å²) in [5.74, 6) is 0.499. The molecule has 0 aromatic heterocycles. The van der Waals surface area contributed by atoms with Crippen molar-refractivity contribution in [2.24, 2.45) is 5.92 Å². The fourth-order valence-electron chi connectivity index (χ4n) is 3.01. The standard InChI is InChI=1S/C18H21NO2S/c1-15-13-17-9-5-6-10-18(17)19(14-15)22(20,21)12-11-16-7-3-2-4-8-16/h2-10,15H,11-14H2,1H3. The summed E-state index contributed by atoms with van der Waals surface area (Å²) < 4.78 is 27.2. The third-order valence-corrected chi connectivity index (χ3v) is 5.87. The summed E-state index contributed by atoms with van der Waals surface area (Å²) >= 11 is 0. The largest absolute Gasteiger partial charge is 0.270 e. The fourth-order valence-corrected chi connectivity index (χ4v) is 4.69. The monoisotopic (exact) mass is 315 g/mol. The van der Waals surface area contributed by atoms with E-state index < -0.39 is 10.0 Å². The molecule has 0 bridgehead atoms. The van der Waals surface area contributed by atoms with Crippen molar-refractivity contribution in [1.82, 2.24) is 0 Å². The molecule has 0 amide bonds. The van der Waals surface area contributed by atoms with Crippen molar-refractivity contribution in [3.8, 4) is 0 Å². The van der Waals surface area contributed by atoms with Gasteiger partial charge in [-0.3, -0.25) is 4.31 Å². The Bertz CT molecular complexity index is 741. The first-order valence-electron chi connectivity index (χ1n) is 7.68. The van der Waals surface area contributed by atoms with Crippen molar-refractivity contribution in [2.45, 2.75) is 19.8 Å². The van der Waals surface area contributed by atoms with Crippen LogP contribution in [0, 0.1) is 5.92 Å². The minimum atomic E-state index is -3.29. The zero-order valence-electron chi connectivity index (χ0n) is 12.8. The topological polar surface area (TPSA) is 37.4 Å². The van der Waals surface area contributed by atoms with Crippen LogP contribution >= 0.6 is 0 Å². The molecular formula is C18H21NO2S. The highest BCUT2D eigenvalue weighted by Gasteiger charge is 2.29. The van der Waals surface area contributed by atoms with E-state index in [2.05, 4.69) is 6.92 Å². The van der Waals surface area contributed by atoms with Gasteiger partial charge in [0.2, 0.25) is 10.0 Å². The summed E-state index contributed by atoms with van der Waals surface area (Å²) in [6.45, 7) is 2.68. The molecule has 1 aliphatic heterocycles. The molecule has 22 heavy (non-hydrogen) atoms. The molecular weight excluding hydrogens is 294 g/mol. The molecule has 0 fully saturated rings. The van der Waals surface area contributed by atoms with Crippen LogP contribution in [0.25, 0.3) is 0 Å². The van der Waals surface area contributed by atoms with Gasteiger partial charge in [-0.2, -0.15) is 0 Å². The molecule has 1 heterocycles. The highest BCUT2D eigenvalue weighted by atomic mass is 32.2. The van der Waals surface area contributed by atoms with Gasteiger partial charge in [0, 0.05) is 6.54 Å². The smallest absolute Gasteiger partial charge is 0.235 e. The van der Waals surface area contributed by atoms with Crippen molar-refractivity contribution < 1.29 is 8.42 Å². The lowest BCUT2D eigenvalue weighted by Crippen LogP contribution is -2.40. The molecule has 1 atom stereocenters. The van der Waals surface area contributed by atoms with Gasteiger partial charge >= 0.3 is 0 Å². The van der Waals surface area contributed by atoms with Crippen LogP contribution in [0.1, 0.15) is 18.1 Å². The first-order valence-corrected chi connectivity index (χ1v) is 9.29. The summed E-state index contributed by atoms with van der Waals surface area (Å²) in [6, 6.07) is 17.6. The van der Waals surface area contributed by atoms with Crippen molar-refractivity contribution in [1.29, 1.82) is 0 Å². The quantitative estimate of drug-likeness (QED) is 0.868. The predicted octanol–water partition coefficient (Wildman–Crippen LogP) is 3.26. The van der Waals surface area contributed by atoms with Crippen LogP contribution in [-0.2, 0) is 22.9 Å². The molecule has 0 saturated heterocycles. The summed E-state index contributed by atoms with van der Waals surface area (Å²) in [4.78, 5) is 0. The van der Waals surface area contributed by atoms with Crippen LogP contribution in [0.4, 0.5) is 5.69 Å². The lowest BCUT2D eigenvalue weighted by atomic mass is 9.96. The van der Waals surface area contributed by atoms with E-state index in [1.54, 1.807) is 4.31 Å². The summed E-state index contributed by atoms with van der Waals surface area (Å²) in [5, 5.41) is 0. The molecule has 3 nitrogen and oxygen atoms in total. The van der Waals surface area contributed by atoms with E-state index in [4.69, 9.17) is 0 Å². The predicted molar refractivity (Wildman–Crippen MR) is 90.6 cm³/mol. The Morgan fingerprint density at radius 1 is 1.05 bits per heavy atom. The minimum absolute atomic E-state index is 0.151. The van der Waals surface area contributed by atoms with Gasteiger partial charge in [0.15, 0.2) is 0 Å². The van der Waals surface area contributed by atoms with Crippen LogP contribution in [0.3, 0.4) is 0 Å². The van der Waals surface area contributed by atoms with Crippen molar-refractivity contribution in [3.63, 3.8) is 0 Å². The second-order valence-electron chi connectivity index (χ2n) is 6.02. The van der Waals surface area contributed by atoms with Crippen LogP contribution in [0.2, 0.25) is 0 Å². The lowest BCUT2D eigenvalue weighted by molar-refractivity contribution is 0.544. The summed E-state index contributed by atoms with van der Waals surface area (Å²) in [5.41, 5.74) is 3.04. The van der Waals surface area contributed by atoms with Gasteiger partial charge in [0.1, 0.15) is 0 Å². The molecule has 1 unspecified atom stereocenters. The minimum Gasteiger partial charge on any atom is -0.270 e. The van der Waals surface area contributed by atoms with Crippen molar-refractivity contribution in [2.75, 3.05) is 16.6 Å². The highest BCUT2D eigenvalue weighted by molar-refractivity contribution is 7.92. The fraction of sp³-hybridized carbons (Fsp3) is 0.333. The van der Waals surface area contributed by atoms with Gasteiger partial charge in [-0.1, -0.05) is 55.5 Å². The number of hydrogen-bond acceptors (Lipinski definition) is 2. The van der Waals surface area contributed by atoms with Crippen LogP contribution in [-0.4, -0.2) is 20.7 Å². The van der Waals surface area contributed by atoms with E-state index in [0.29, 0.717) is 18.9 Å². The molecule has 0 spiro atoms. The number of anilines is 1. The first-order chi connectivity index (χ1) is 10.6. The number of sulfonamides is 1. The molecule has 2 aromatic rings. The number of benzene rings is 2. The normalized spacial score (nSPS) is 18.0. The second kappa shape index (κ2) is 6.13. The zero-order chi connectivity index (χ0) is 15.6. The molecule has 1 aliphatic rings. The average molecular weight is 315 g/mol. The molecule has 2 aromatic carbocycles. The van der Waals surface area contributed by atoms with E-state index in [1.165, 1.54) is 0 Å².